The topological polar surface area (TPSA) is 90.0 Å². The number of nitrogens with zero attached hydrogens (tertiary/aromatic N) is 2. The number of esters is 1. The molecule has 8 nitrogen and oxygen atoms in total. The standard InChI is InChI=1S/C18H26FN3O5/c1-6-26-15(23)18(10-22(11-18)16(24)27-17(2,3)4)21-9-12-7-13(19)14(25-5)20-8-12/h7-8,21H,6,9-11H2,1-5H3. The predicted molar refractivity (Wildman–Crippen MR) is 94.8 cm³/mol. The quantitative estimate of drug-likeness (QED) is 0.750. The van der Waals surface area contributed by atoms with Crippen LogP contribution in [0.1, 0.15) is 33.3 Å². The highest BCUT2D eigenvalue weighted by Gasteiger charge is 2.53. The van der Waals surface area contributed by atoms with Crippen LogP contribution in [-0.2, 0) is 20.8 Å². The largest absolute Gasteiger partial charge is 0.479 e. The van der Waals surface area contributed by atoms with Crippen LogP contribution in [0.4, 0.5) is 9.18 Å². The Morgan fingerprint density at radius 3 is 2.56 bits per heavy atom. The Balaban J connectivity index is 2.05. The van der Waals surface area contributed by atoms with Crippen molar-refractivity contribution < 1.29 is 28.2 Å². The number of methoxy groups -OCH3 is 1. The number of nitrogens with one attached hydrogen (secondary N) is 1. The minimum atomic E-state index is -1.07. The second-order valence-corrected chi connectivity index (χ2v) is 7.33. The molecule has 0 atom stereocenters. The molecule has 0 saturated carbocycles. The van der Waals surface area contributed by atoms with Crippen LogP contribution < -0.4 is 10.1 Å². The van der Waals surface area contributed by atoms with Gasteiger partial charge in [0, 0.05) is 12.7 Å². The molecule has 1 saturated heterocycles. The first-order valence-electron chi connectivity index (χ1n) is 8.69. The van der Waals surface area contributed by atoms with E-state index in [9.17, 15) is 14.0 Å². The summed E-state index contributed by atoms with van der Waals surface area (Å²) in [6, 6.07) is 1.28. The first-order valence-corrected chi connectivity index (χ1v) is 8.69. The third-order valence-electron chi connectivity index (χ3n) is 3.93. The molecule has 0 aliphatic carbocycles. The summed E-state index contributed by atoms with van der Waals surface area (Å²) in [7, 11) is 1.33. The Morgan fingerprint density at radius 1 is 1.37 bits per heavy atom. The van der Waals surface area contributed by atoms with E-state index in [1.54, 1.807) is 27.7 Å². The molecule has 1 aliphatic heterocycles. The Morgan fingerprint density at radius 2 is 2.04 bits per heavy atom. The normalized spacial score (nSPS) is 15.7. The number of aromatic nitrogens is 1. The molecule has 0 aromatic carbocycles. The first-order chi connectivity index (χ1) is 12.6. The number of ether oxygens (including phenoxy) is 3. The van der Waals surface area contributed by atoms with E-state index >= 15 is 0 Å². The molecule has 150 valence electrons. The van der Waals surface area contributed by atoms with Crippen molar-refractivity contribution in [3.05, 3.63) is 23.6 Å². The van der Waals surface area contributed by atoms with Gasteiger partial charge >= 0.3 is 12.1 Å². The van der Waals surface area contributed by atoms with Gasteiger partial charge in [0.05, 0.1) is 26.8 Å². The Kier molecular flexibility index (Phi) is 6.25. The van der Waals surface area contributed by atoms with E-state index in [0.29, 0.717) is 5.56 Å². The number of carbonyl (C=O) groups excluding carboxylic acids is 2. The van der Waals surface area contributed by atoms with Crippen LogP contribution in [0.2, 0.25) is 0 Å². The molecule has 1 amide bonds. The molecule has 2 heterocycles. The summed E-state index contributed by atoms with van der Waals surface area (Å²) in [6.07, 6.45) is 0.958. The lowest BCUT2D eigenvalue weighted by molar-refractivity contribution is -0.158. The lowest BCUT2D eigenvalue weighted by atomic mass is 9.89. The van der Waals surface area contributed by atoms with Crippen LogP contribution in [-0.4, -0.2) is 59.9 Å². The Bertz CT molecular complexity index is 699. The average molecular weight is 383 g/mol. The summed E-state index contributed by atoms with van der Waals surface area (Å²) < 4.78 is 29.0. The van der Waals surface area contributed by atoms with Crippen molar-refractivity contribution in [1.82, 2.24) is 15.2 Å². The zero-order valence-electron chi connectivity index (χ0n) is 16.3. The zero-order valence-corrected chi connectivity index (χ0v) is 16.3. The van der Waals surface area contributed by atoms with Crippen LogP contribution in [0.15, 0.2) is 12.3 Å². The van der Waals surface area contributed by atoms with Crippen molar-refractivity contribution in [1.29, 1.82) is 0 Å². The summed E-state index contributed by atoms with van der Waals surface area (Å²) in [5.41, 5.74) is -1.16. The molecular weight excluding hydrogens is 357 g/mol. The number of amides is 1. The molecule has 1 aromatic heterocycles. The highest BCUT2D eigenvalue weighted by Crippen LogP contribution is 2.26. The lowest BCUT2D eigenvalue weighted by Crippen LogP contribution is -2.74. The summed E-state index contributed by atoms with van der Waals surface area (Å²) >= 11 is 0. The monoisotopic (exact) mass is 383 g/mol. The van der Waals surface area contributed by atoms with Gasteiger partial charge in [-0.05, 0) is 39.3 Å². The molecule has 0 spiro atoms. The van der Waals surface area contributed by atoms with E-state index in [4.69, 9.17) is 14.2 Å². The maximum absolute atomic E-state index is 13.8. The van der Waals surface area contributed by atoms with Gasteiger partial charge in [0.15, 0.2) is 11.4 Å². The van der Waals surface area contributed by atoms with Crippen LogP contribution in [0.3, 0.4) is 0 Å². The van der Waals surface area contributed by atoms with Gasteiger partial charge in [-0.3, -0.25) is 5.32 Å². The van der Waals surface area contributed by atoms with Crippen molar-refractivity contribution in [3.8, 4) is 5.88 Å². The van der Waals surface area contributed by atoms with Crippen molar-refractivity contribution in [2.24, 2.45) is 0 Å². The molecule has 0 radical (unpaired) electrons. The SMILES string of the molecule is CCOC(=O)C1(NCc2cnc(OC)c(F)c2)CN(C(=O)OC(C)(C)C)C1. The number of rotatable bonds is 6. The molecule has 1 aromatic rings. The van der Waals surface area contributed by atoms with Gasteiger partial charge in [-0.25, -0.2) is 19.0 Å². The maximum Gasteiger partial charge on any atom is 0.410 e. The summed E-state index contributed by atoms with van der Waals surface area (Å²) in [5, 5.41) is 3.07. The third kappa shape index (κ3) is 5.06. The van der Waals surface area contributed by atoms with Gasteiger partial charge in [0.1, 0.15) is 5.60 Å². The Labute approximate surface area is 158 Å². The van der Waals surface area contributed by atoms with Crippen molar-refractivity contribution >= 4 is 12.1 Å². The van der Waals surface area contributed by atoms with Gasteiger partial charge in [0.2, 0.25) is 5.88 Å². The molecule has 27 heavy (non-hydrogen) atoms. The number of pyridine rings is 1. The third-order valence-corrected chi connectivity index (χ3v) is 3.93. The number of halogens is 1. The van der Waals surface area contributed by atoms with Crippen LogP contribution >= 0.6 is 0 Å². The van der Waals surface area contributed by atoms with Gasteiger partial charge in [-0.1, -0.05) is 0 Å². The second kappa shape index (κ2) is 8.08. The van der Waals surface area contributed by atoms with Gasteiger partial charge in [-0.2, -0.15) is 0 Å². The van der Waals surface area contributed by atoms with E-state index in [-0.39, 0.29) is 32.1 Å². The molecule has 1 N–H and O–H groups in total. The van der Waals surface area contributed by atoms with Crippen molar-refractivity contribution in [3.63, 3.8) is 0 Å². The van der Waals surface area contributed by atoms with Gasteiger partial charge in [-0.15, -0.1) is 0 Å². The second-order valence-electron chi connectivity index (χ2n) is 7.33. The van der Waals surface area contributed by atoms with Gasteiger partial charge in [0.25, 0.3) is 0 Å². The summed E-state index contributed by atoms with van der Waals surface area (Å²) in [6.45, 7) is 7.62. The highest BCUT2D eigenvalue weighted by atomic mass is 19.1. The van der Waals surface area contributed by atoms with Crippen molar-refractivity contribution in [2.45, 2.75) is 45.4 Å². The van der Waals surface area contributed by atoms with E-state index in [1.807, 2.05) is 0 Å². The molecule has 9 heteroatoms. The van der Waals surface area contributed by atoms with Crippen LogP contribution in [0.25, 0.3) is 0 Å². The van der Waals surface area contributed by atoms with E-state index < -0.39 is 29.0 Å². The summed E-state index contributed by atoms with van der Waals surface area (Å²) in [5.74, 6) is -1.16. The van der Waals surface area contributed by atoms with Crippen LogP contribution in [0, 0.1) is 5.82 Å². The fraction of sp³-hybridized carbons (Fsp3) is 0.611. The minimum Gasteiger partial charge on any atom is -0.479 e. The average Bonchev–Trinajstić information content (AvgIpc) is 2.52. The number of likely N-dealkylation sites (tertiary alicyclic amines) is 1. The maximum atomic E-state index is 13.8. The summed E-state index contributed by atoms with van der Waals surface area (Å²) in [4.78, 5) is 29.9. The minimum absolute atomic E-state index is 0.0985. The number of hydrogen-bond acceptors (Lipinski definition) is 7. The first kappa shape index (κ1) is 20.9. The zero-order chi connectivity index (χ0) is 20.2. The molecule has 1 aliphatic rings. The van der Waals surface area contributed by atoms with E-state index in [2.05, 4.69) is 10.3 Å². The Hall–Kier alpha value is -2.42. The fourth-order valence-electron chi connectivity index (χ4n) is 2.63. The molecule has 1 fully saturated rings. The highest BCUT2D eigenvalue weighted by molar-refractivity contribution is 5.86. The van der Waals surface area contributed by atoms with Crippen LogP contribution in [0.5, 0.6) is 5.88 Å². The molecule has 0 unspecified atom stereocenters. The molecular formula is C18H26FN3O5. The predicted octanol–water partition coefficient (Wildman–Crippen LogP) is 1.87. The number of hydrogen-bond donors (Lipinski definition) is 1. The van der Waals surface area contributed by atoms with E-state index in [0.717, 1.165) is 0 Å². The number of carbonyl (C=O) groups is 2. The smallest absolute Gasteiger partial charge is 0.410 e. The van der Waals surface area contributed by atoms with Gasteiger partial charge < -0.3 is 19.1 Å². The van der Waals surface area contributed by atoms with E-state index in [1.165, 1.54) is 24.3 Å². The molecule has 2 rings (SSSR count). The lowest BCUT2D eigenvalue weighted by Gasteiger charge is -2.48. The van der Waals surface area contributed by atoms with Crippen molar-refractivity contribution in [2.75, 3.05) is 26.8 Å². The fourth-order valence-corrected chi connectivity index (χ4v) is 2.63. The molecule has 0 bridgehead atoms.